The quantitative estimate of drug-likeness (QED) is 0.0884. The van der Waals surface area contributed by atoms with Gasteiger partial charge in [0.05, 0.1) is 6.61 Å². The highest BCUT2D eigenvalue weighted by molar-refractivity contribution is 14.2. The molecule has 0 aliphatic rings. The maximum absolute atomic E-state index is 14.4. The summed E-state index contributed by atoms with van der Waals surface area (Å²) in [5, 5.41) is 0. The highest BCUT2D eigenvalue weighted by Gasteiger charge is 2.86. The number of rotatable bonds is 10. The maximum atomic E-state index is 14.4. The van der Waals surface area contributed by atoms with Gasteiger partial charge in [0.25, 0.3) is 0 Å². The molecule has 0 rings (SSSR count). The van der Waals surface area contributed by atoms with E-state index in [0.29, 0.717) is 6.08 Å². The summed E-state index contributed by atoms with van der Waals surface area (Å²) in [5.74, 6) is -27.8. The van der Waals surface area contributed by atoms with Crippen molar-refractivity contribution < 1.29 is 57.8 Å². The van der Waals surface area contributed by atoms with Crippen LogP contribution in [0.1, 0.15) is 13.3 Å². The Morgan fingerprint density at radius 1 is 1.00 bits per heavy atom. The Kier molecular flexibility index (Phi) is 9.03. The van der Waals surface area contributed by atoms with E-state index in [1.807, 2.05) is 0 Å². The van der Waals surface area contributed by atoms with Gasteiger partial charge in [0, 0.05) is 12.5 Å². The van der Waals surface area contributed by atoms with Crippen molar-refractivity contribution >= 4 is 53.8 Å². The fourth-order valence-electron chi connectivity index (χ4n) is 1.88. The van der Waals surface area contributed by atoms with Crippen LogP contribution in [0, 0.1) is 5.92 Å². The van der Waals surface area contributed by atoms with Gasteiger partial charge in [0.2, 0.25) is 1.43 Å². The van der Waals surface area contributed by atoms with Gasteiger partial charge in [-0.25, -0.2) is 4.79 Å². The van der Waals surface area contributed by atoms with Crippen molar-refractivity contribution in [2.24, 2.45) is 5.92 Å². The molecule has 0 aliphatic heterocycles. The summed E-state index contributed by atoms with van der Waals surface area (Å²) < 4.78 is 151. The minimum atomic E-state index is -7.02. The number of hydrogen-bond donors (Lipinski definition) is 0. The number of esters is 1. The summed E-state index contributed by atoms with van der Waals surface area (Å²) in [5.41, 5.74) is 0. The number of hydrogen-bond acceptors (Lipinski definition) is 2. The van der Waals surface area contributed by atoms with E-state index < -0.39 is 76.9 Å². The average Bonchev–Trinajstić information content (AvgIpc) is 2.56. The molecule has 0 saturated carbocycles. The fourth-order valence-corrected chi connectivity index (χ4v) is 4.30. The minimum Gasteiger partial charge on any atom is -0.462 e. The van der Waals surface area contributed by atoms with E-state index in [-0.39, 0.29) is 22.6 Å². The van der Waals surface area contributed by atoms with Crippen LogP contribution in [0.15, 0.2) is 12.7 Å². The molecule has 2 nitrogen and oxygen atoms in total. The molecule has 0 fully saturated rings. The first-order valence-electron chi connectivity index (χ1n) is 7.12. The van der Waals surface area contributed by atoms with E-state index in [1.54, 1.807) is 0 Å². The molecule has 0 saturated heterocycles. The number of alkyl halides is 13. The normalized spacial score (nSPS) is 17.4. The average molecular weight is 676 g/mol. The standard InChI is InChI=1S/C14H13F11I2O2/c1-4-8(28)29-6-7(2)5-9(15,16)10(17,18)13(26,27-3)11(19,20)12(21,22)14(23,24)25/h4,7H,1,3,5-6H2,2H3. The second kappa shape index (κ2) is 9.10. The molecule has 0 radical (unpaired) electrons. The van der Waals surface area contributed by atoms with E-state index >= 15 is 0 Å². The van der Waals surface area contributed by atoms with Gasteiger partial charge in [0.15, 0.2) is 0 Å². The molecule has 0 aromatic carbocycles. The van der Waals surface area contributed by atoms with Crippen LogP contribution in [0.2, 0.25) is 0 Å². The van der Waals surface area contributed by atoms with Gasteiger partial charge in [-0.05, 0) is 5.92 Å². The van der Waals surface area contributed by atoms with Crippen molar-refractivity contribution in [3.05, 3.63) is 12.7 Å². The fraction of sp³-hybridized carbons (Fsp3) is 0.714. The zero-order chi connectivity index (χ0) is 23.7. The number of carbonyl (C=O) groups is 1. The summed E-state index contributed by atoms with van der Waals surface area (Å²) in [7, 11) is 0. The van der Waals surface area contributed by atoms with Crippen LogP contribution < -0.4 is 0 Å². The second-order valence-electron chi connectivity index (χ2n) is 5.78. The van der Waals surface area contributed by atoms with Crippen molar-refractivity contribution in [3.63, 3.8) is 0 Å². The van der Waals surface area contributed by atoms with Gasteiger partial charge < -0.3 is 4.74 Å². The first-order chi connectivity index (χ1) is 12.7. The van der Waals surface area contributed by atoms with Crippen molar-refractivity contribution in [1.29, 1.82) is 0 Å². The van der Waals surface area contributed by atoms with Gasteiger partial charge in [-0.1, -0.05) is 61.3 Å². The summed E-state index contributed by atoms with van der Waals surface area (Å²) in [6, 6.07) is 0. The number of ether oxygens (including phenoxy) is 1. The van der Waals surface area contributed by atoms with Gasteiger partial charge in [-0.15, -0.1) is 0 Å². The molecular weight excluding hydrogens is 663 g/mol. The lowest BCUT2D eigenvalue weighted by Gasteiger charge is -2.44. The van der Waals surface area contributed by atoms with E-state index in [1.165, 1.54) is 0 Å². The lowest BCUT2D eigenvalue weighted by Crippen LogP contribution is -2.68. The summed E-state index contributed by atoms with van der Waals surface area (Å²) in [6.45, 7) is 2.93. The zero-order valence-corrected chi connectivity index (χ0v) is 18.5. The smallest absolute Gasteiger partial charge is 0.459 e. The number of carbonyl (C=O) groups excluding carboxylic acids is 1. The third-order valence-electron chi connectivity index (χ3n) is 3.46. The van der Waals surface area contributed by atoms with Crippen LogP contribution in [-0.2, 0) is 9.53 Å². The molecule has 0 spiro atoms. The molecule has 0 amide bonds. The first-order valence-corrected chi connectivity index (χ1v) is 10.8. The zero-order valence-electron chi connectivity index (χ0n) is 14.2. The molecule has 172 valence electrons. The van der Waals surface area contributed by atoms with Crippen molar-refractivity contribution in [2.75, 3.05) is 6.61 Å². The molecule has 0 aliphatic carbocycles. The predicted octanol–water partition coefficient (Wildman–Crippen LogP) is 6.38. The Hall–Kier alpha value is -0.230. The molecule has 2 unspecified atom stereocenters. The molecule has 0 heterocycles. The van der Waals surface area contributed by atoms with Crippen LogP contribution in [0.25, 0.3) is 0 Å². The van der Waals surface area contributed by atoms with E-state index in [0.717, 1.165) is 6.92 Å². The first kappa shape index (κ1) is 28.8. The molecule has 15 heteroatoms. The Bertz CT molecular complexity index is 634. The lowest BCUT2D eigenvalue weighted by atomic mass is 9.93. The van der Waals surface area contributed by atoms with E-state index in [2.05, 4.69) is 15.8 Å². The van der Waals surface area contributed by atoms with Gasteiger partial charge in [0.1, 0.15) is 0 Å². The SMILES string of the molecule is C=CC(=O)OCC(C)CC(F)(F)C(F)(F)C(I)(I=C)C(F)(F)C(F)(F)C(F)(F)F. The highest BCUT2D eigenvalue weighted by Crippen LogP contribution is 2.66. The molecular formula is C14H13F11I2O2. The molecule has 0 aromatic rings. The van der Waals surface area contributed by atoms with Crippen LogP contribution in [0.5, 0.6) is 0 Å². The second-order valence-corrected chi connectivity index (χ2v) is 11.8. The Labute approximate surface area is 181 Å². The number of halogens is 13. The Balaban J connectivity index is 6.09. The van der Waals surface area contributed by atoms with Gasteiger partial charge in [-0.3, -0.25) is 0 Å². The van der Waals surface area contributed by atoms with Crippen LogP contribution in [0.4, 0.5) is 48.3 Å². The monoisotopic (exact) mass is 676 g/mol. The van der Waals surface area contributed by atoms with Crippen molar-refractivity contribution in [3.8, 4) is 0 Å². The molecule has 0 N–H and O–H groups in total. The van der Waals surface area contributed by atoms with Gasteiger partial charge >= 0.3 is 35.8 Å². The predicted molar refractivity (Wildman–Crippen MR) is 98.7 cm³/mol. The van der Waals surface area contributed by atoms with Crippen LogP contribution in [-0.4, -0.2) is 48.4 Å². The maximum Gasteiger partial charge on any atom is 0.459 e. The van der Waals surface area contributed by atoms with Gasteiger partial charge in [-0.2, -0.15) is 48.3 Å². The summed E-state index contributed by atoms with van der Waals surface area (Å²) in [4.78, 5) is 10.9. The summed E-state index contributed by atoms with van der Waals surface area (Å²) in [6.07, 6.45) is -8.32. The minimum absolute atomic E-state index is 0.173. The lowest BCUT2D eigenvalue weighted by molar-refractivity contribution is -0.368. The van der Waals surface area contributed by atoms with E-state index in [4.69, 9.17) is 0 Å². The highest BCUT2D eigenvalue weighted by atomic mass is 127. The van der Waals surface area contributed by atoms with Crippen molar-refractivity contribution in [2.45, 2.75) is 44.6 Å². The third-order valence-corrected chi connectivity index (χ3v) is 9.16. The third kappa shape index (κ3) is 5.16. The molecule has 0 aromatic heterocycles. The van der Waals surface area contributed by atoms with Crippen LogP contribution >= 0.6 is 43.3 Å². The van der Waals surface area contributed by atoms with E-state index in [9.17, 15) is 53.1 Å². The van der Waals surface area contributed by atoms with Crippen molar-refractivity contribution in [1.82, 2.24) is 0 Å². The summed E-state index contributed by atoms with van der Waals surface area (Å²) >= 11 is -3.44. The Morgan fingerprint density at radius 2 is 1.45 bits per heavy atom. The molecule has 0 bridgehead atoms. The van der Waals surface area contributed by atoms with Crippen LogP contribution in [0.3, 0.4) is 0 Å². The molecule has 2 atom stereocenters. The largest absolute Gasteiger partial charge is 0.462 e. The Morgan fingerprint density at radius 3 is 1.79 bits per heavy atom. The molecule has 29 heavy (non-hydrogen) atoms. The topological polar surface area (TPSA) is 26.3 Å².